The van der Waals surface area contributed by atoms with Gasteiger partial charge < -0.3 is 9.64 Å². The number of rotatable bonds is 3. The van der Waals surface area contributed by atoms with Crippen LogP contribution in [0.5, 0.6) is 0 Å². The molecule has 1 fully saturated rings. The van der Waals surface area contributed by atoms with Gasteiger partial charge in [0.1, 0.15) is 5.82 Å². The van der Waals surface area contributed by atoms with Gasteiger partial charge in [-0.25, -0.2) is 4.98 Å². The van der Waals surface area contributed by atoms with Crippen LogP contribution in [0.3, 0.4) is 0 Å². The zero-order valence-electron chi connectivity index (χ0n) is 10.4. The van der Waals surface area contributed by atoms with Crippen molar-refractivity contribution in [1.82, 2.24) is 4.98 Å². The van der Waals surface area contributed by atoms with E-state index in [-0.39, 0.29) is 0 Å². The minimum Gasteiger partial charge on any atom is -0.384 e. The summed E-state index contributed by atoms with van der Waals surface area (Å²) >= 11 is 3.63. The number of pyridine rings is 1. The number of ether oxygens (including phenoxy) is 1. The van der Waals surface area contributed by atoms with Gasteiger partial charge in [0, 0.05) is 33.0 Å². The van der Waals surface area contributed by atoms with Crippen LogP contribution in [0.25, 0.3) is 0 Å². The van der Waals surface area contributed by atoms with Gasteiger partial charge in [-0.05, 0) is 53.2 Å². The van der Waals surface area contributed by atoms with Crippen molar-refractivity contribution in [2.45, 2.75) is 19.8 Å². The summed E-state index contributed by atoms with van der Waals surface area (Å²) in [6.07, 6.45) is 4.27. The van der Waals surface area contributed by atoms with Gasteiger partial charge in [0.25, 0.3) is 0 Å². The standard InChI is InChI=1S/C13H19BrN2O/c1-10-3-6-15-13(12(10)14)16-7-4-11(5-8-16)9-17-2/h3,6,11H,4-5,7-9H2,1-2H3. The Morgan fingerprint density at radius 2 is 2.18 bits per heavy atom. The Bertz CT molecular complexity index is 376. The highest BCUT2D eigenvalue weighted by Crippen LogP contribution is 2.30. The van der Waals surface area contributed by atoms with Crippen LogP contribution in [-0.4, -0.2) is 31.8 Å². The molecule has 17 heavy (non-hydrogen) atoms. The molecule has 1 saturated heterocycles. The van der Waals surface area contributed by atoms with Crippen molar-refractivity contribution < 1.29 is 4.74 Å². The summed E-state index contributed by atoms with van der Waals surface area (Å²) in [6, 6.07) is 2.03. The Morgan fingerprint density at radius 1 is 1.47 bits per heavy atom. The first-order valence-electron chi connectivity index (χ1n) is 6.07. The van der Waals surface area contributed by atoms with Gasteiger partial charge in [0.2, 0.25) is 0 Å². The Kier molecular flexibility index (Phi) is 4.40. The molecule has 2 heterocycles. The zero-order valence-corrected chi connectivity index (χ0v) is 12.0. The van der Waals surface area contributed by atoms with Crippen molar-refractivity contribution in [3.05, 3.63) is 22.3 Å². The number of aromatic nitrogens is 1. The minimum absolute atomic E-state index is 0.708. The predicted octanol–water partition coefficient (Wildman–Crippen LogP) is 3.02. The van der Waals surface area contributed by atoms with E-state index in [2.05, 4.69) is 32.7 Å². The second-order valence-corrected chi connectivity index (χ2v) is 5.44. The molecule has 0 N–H and O–H groups in total. The third kappa shape index (κ3) is 2.99. The van der Waals surface area contributed by atoms with Gasteiger partial charge in [-0.2, -0.15) is 0 Å². The highest BCUT2D eigenvalue weighted by molar-refractivity contribution is 9.10. The van der Waals surface area contributed by atoms with Crippen LogP contribution >= 0.6 is 15.9 Å². The van der Waals surface area contributed by atoms with E-state index < -0.39 is 0 Å². The molecule has 4 heteroatoms. The van der Waals surface area contributed by atoms with Crippen LogP contribution in [0, 0.1) is 12.8 Å². The fourth-order valence-corrected chi connectivity index (χ4v) is 2.78. The van der Waals surface area contributed by atoms with E-state index in [1.165, 1.54) is 18.4 Å². The first kappa shape index (κ1) is 12.8. The summed E-state index contributed by atoms with van der Waals surface area (Å²) in [5.74, 6) is 1.79. The van der Waals surface area contributed by atoms with Crippen molar-refractivity contribution in [2.24, 2.45) is 5.92 Å². The smallest absolute Gasteiger partial charge is 0.143 e. The molecule has 0 radical (unpaired) electrons. The Balaban J connectivity index is 2.03. The summed E-state index contributed by atoms with van der Waals surface area (Å²) < 4.78 is 6.35. The largest absolute Gasteiger partial charge is 0.384 e. The Hall–Kier alpha value is -0.610. The van der Waals surface area contributed by atoms with E-state index in [1.54, 1.807) is 7.11 Å². The maximum Gasteiger partial charge on any atom is 0.143 e. The van der Waals surface area contributed by atoms with Crippen molar-refractivity contribution in [2.75, 3.05) is 31.7 Å². The molecule has 2 rings (SSSR count). The molecule has 0 aliphatic carbocycles. The van der Waals surface area contributed by atoms with Gasteiger partial charge >= 0.3 is 0 Å². The van der Waals surface area contributed by atoms with Crippen molar-refractivity contribution in [3.63, 3.8) is 0 Å². The second-order valence-electron chi connectivity index (χ2n) is 4.65. The van der Waals surface area contributed by atoms with Crippen molar-refractivity contribution in [3.8, 4) is 0 Å². The number of methoxy groups -OCH3 is 1. The van der Waals surface area contributed by atoms with Gasteiger partial charge in [-0.3, -0.25) is 0 Å². The molecule has 0 aromatic carbocycles. The fraction of sp³-hybridized carbons (Fsp3) is 0.615. The normalized spacial score (nSPS) is 17.5. The number of hydrogen-bond acceptors (Lipinski definition) is 3. The molecule has 1 aromatic heterocycles. The van der Waals surface area contributed by atoms with Crippen molar-refractivity contribution in [1.29, 1.82) is 0 Å². The second kappa shape index (κ2) is 5.83. The van der Waals surface area contributed by atoms with Crippen molar-refractivity contribution >= 4 is 21.7 Å². The number of anilines is 1. The maximum absolute atomic E-state index is 5.22. The quantitative estimate of drug-likeness (QED) is 0.858. The Labute approximate surface area is 111 Å². The van der Waals surface area contributed by atoms with E-state index >= 15 is 0 Å². The van der Waals surface area contributed by atoms with Crippen LogP contribution < -0.4 is 4.90 Å². The Morgan fingerprint density at radius 3 is 2.82 bits per heavy atom. The third-order valence-corrected chi connectivity index (χ3v) is 4.36. The molecule has 1 aromatic rings. The lowest BCUT2D eigenvalue weighted by atomic mass is 9.98. The lowest BCUT2D eigenvalue weighted by molar-refractivity contribution is 0.139. The number of aryl methyl sites for hydroxylation is 1. The molecule has 0 amide bonds. The molecule has 0 unspecified atom stereocenters. The fourth-order valence-electron chi connectivity index (χ4n) is 2.29. The molecule has 3 nitrogen and oxygen atoms in total. The number of nitrogens with zero attached hydrogens (tertiary/aromatic N) is 2. The van der Waals surface area contributed by atoms with E-state index in [0.29, 0.717) is 5.92 Å². The maximum atomic E-state index is 5.22. The molecular weight excluding hydrogens is 280 g/mol. The molecule has 0 saturated carbocycles. The third-order valence-electron chi connectivity index (χ3n) is 3.38. The summed E-state index contributed by atoms with van der Waals surface area (Å²) in [5, 5.41) is 0. The van der Waals surface area contributed by atoms with E-state index in [4.69, 9.17) is 4.74 Å². The van der Waals surface area contributed by atoms with E-state index in [1.807, 2.05) is 12.3 Å². The van der Waals surface area contributed by atoms with Crippen LogP contribution in [0.2, 0.25) is 0 Å². The van der Waals surface area contributed by atoms with Crippen LogP contribution in [-0.2, 0) is 4.74 Å². The molecule has 0 spiro atoms. The monoisotopic (exact) mass is 298 g/mol. The number of piperidine rings is 1. The summed E-state index contributed by atoms with van der Waals surface area (Å²) in [5.41, 5.74) is 1.24. The molecule has 0 bridgehead atoms. The lowest BCUT2D eigenvalue weighted by Crippen LogP contribution is -2.35. The van der Waals surface area contributed by atoms with E-state index in [9.17, 15) is 0 Å². The van der Waals surface area contributed by atoms with Gasteiger partial charge in [-0.15, -0.1) is 0 Å². The summed E-state index contributed by atoms with van der Waals surface area (Å²) in [6.45, 7) is 5.13. The van der Waals surface area contributed by atoms with Gasteiger partial charge in [-0.1, -0.05) is 0 Å². The first-order valence-corrected chi connectivity index (χ1v) is 6.86. The molecule has 1 aliphatic heterocycles. The van der Waals surface area contributed by atoms with Gasteiger partial charge in [0.05, 0.1) is 4.47 Å². The molecule has 94 valence electrons. The molecular formula is C13H19BrN2O. The van der Waals surface area contributed by atoms with Gasteiger partial charge in [0.15, 0.2) is 0 Å². The zero-order chi connectivity index (χ0) is 12.3. The average molecular weight is 299 g/mol. The van der Waals surface area contributed by atoms with Crippen LogP contribution in [0.4, 0.5) is 5.82 Å². The summed E-state index contributed by atoms with van der Waals surface area (Å²) in [4.78, 5) is 6.85. The predicted molar refractivity (Wildman–Crippen MR) is 73.5 cm³/mol. The summed E-state index contributed by atoms with van der Waals surface area (Å²) in [7, 11) is 1.78. The number of halogens is 1. The highest BCUT2D eigenvalue weighted by atomic mass is 79.9. The van der Waals surface area contributed by atoms with Crippen LogP contribution in [0.1, 0.15) is 18.4 Å². The topological polar surface area (TPSA) is 25.4 Å². The number of hydrogen-bond donors (Lipinski definition) is 0. The first-order chi connectivity index (χ1) is 8.22. The lowest BCUT2D eigenvalue weighted by Gasteiger charge is -2.33. The molecule has 1 aliphatic rings. The SMILES string of the molecule is COCC1CCN(c2nccc(C)c2Br)CC1. The average Bonchev–Trinajstić information content (AvgIpc) is 2.34. The molecule has 0 atom stereocenters. The minimum atomic E-state index is 0.708. The van der Waals surface area contributed by atoms with Crippen LogP contribution in [0.15, 0.2) is 16.7 Å². The highest BCUT2D eigenvalue weighted by Gasteiger charge is 2.21. The van der Waals surface area contributed by atoms with E-state index in [0.717, 1.165) is 30.0 Å².